The molecule has 3 rings (SSSR count). The van der Waals surface area contributed by atoms with E-state index < -0.39 is 29.5 Å². The SMILES string of the molecule is C[C@@H](C(N=CN)=Nc1ncccn1)N(CC1CC1)C(=S)c1cc(C(F)(F)F)cc(C(F)(F)F)c1. The van der Waals surface area contributed by atoms with Gasteiger partial charge in [0.25, 0.3) is 5.95 Å². The molecule has 2 aromatic rings. The molecule has 1 aromatic heterocycles. The third kappa shape index (κ3) is 6.49. The van der Waals surface area contributed by atoms with E-state index in [1.54, 1.807) is 13.0 Å². The Balaban J connectivity index is 2.05. The molecule has 34 heavy (non-hydrogen) atoms. The number of aromatic nitrogens is 2. The van der Waals surface area contributed by atoms with E-state index in [0.29, 0.717) is 18.7 Å². The maximum absolute atomic E-state index is 13.4. The number of benzene rings is 1. The Bertz CT molecular complexity index is 1050. The van der Waals surface area contributed by atoms with E-state index in [1.165, 1.54) is 17.3 Å². The summed E-state index contributed by atoms with van der Waals surface area (Å²) >= 11 is 5.42. The predicted molar refractivity (Wildman–Crippen MR) is 119 cm³/mol. The van der Waals surface area contributed by atoms with Crippen molar-refractivity contribution < 1.29 is 26.3 Å². The van der Waals surface area contributed by atoms with Crippen molar-refractivity contribution in [3.05, 3.63) is 53.3 Å². The first-order valence-corrected chi connectivity index (χ1v) is 10.5. The summed E-state index contributed by atoms with van der Waals surface area (Å²) in [4.78, 5) is 17.5. The van der Waals surface area contributed by atoms with Gasteiger partial charge in [-0.1, -0.05) is 12.2 Å². The standard InChI is InChI=1S/C21H20F6N6S/c1-12(17(31-11-28)32-19-29-5-2-6-30-19)33(10-13-3-4-13)18(34)14-7-15(20(22,23)24)9-16(8-14)21(25,26)27/h2,5-9,11-13H,3-4,10H2,1H3,(H2,28,29,30,31,32)/t12-/m0/s1. The monoisotopic (exact) mass is 502 g/mol. The van der Waals surface area contributed by atoms with E-state index >= 15 is 0 Å². The summed E-state index contributed by atoms with van der Waals surface area (Å²) in [5, 5.41) is 0. The summed E-state index contributed by atoms with van der Waals surface area (Å²) in [6, 6.07) is 2.13. The smallest absolute Gasteiger partial charge is 0.390 e. The molecule has 182 valence electrons. The zero-order valence-corrected chi connectivity index (χ0v) is 18.6. The molecule has 1 atom stereocenters. The summed E-state index contributed by atoms with van der Waals surface area (Å²) in [7, 11) is 0. The fourth-order valence-corrected chi connectivity index (χ4v) is 3.49. The van der Waals surface area contributed by atoms with Gasteiger partial charge in [0.1, 0.15) is 4.99 Å². The summed E-state index contributed by atoms with van der Waals surface area (Å²) in [5.74, 6) is 0.342. The lowest BCUT2D eigenvalue weighted by atomic mass is 10.0. The first kappa shape index (κ1) is 25.5. The average Bonchev–Trinajstić information content (AvgIpc) is 3.60. The lowest BCUT2D eigenvalue weighted by Gasteiger charge is -2.32. The number of nitrogens with zero attached hydrogens (tertiary/aromatic N) is 5. The van der Waals surface area contributed by atoms with Gasteiger partial charge in [-0.05, 0) is 49.9 Å². The van der Waals surface area contributed by atoms with Crippen LogP contribution >= 0.6 is 12.2 Å². The van der Waals surface area contributed by atoms with Crippen LogP contribution in [0.15, 0.2) is 46.6 Å². The average molecular weight is 502 g/mol. The van der Waals surface area contributed by atoms with Gasteiger partial charge in [-0.3, -0.25) is 0 Å². The Kier molecular flexibility index (Phi) is 7.54. The van der Waals surface area contributed by atoms with Crippen molar-refractivity contribution in [3.8, 4) is 0 Å². The Labute approximate surface area is 196 Å². The second-order valence-electron chi connectivity index (χ2n) is 7.67. The molecule has 13 heteroatoms. The molecule has 0 saturated heterocycles. The molecule has 0 unspecified atom stereocenters. The number of nitrogens with two attached hydrogens (primary N) is 1. The number of thiocarbonyl (C=S) groups is 1. The van der Waals surface area contributed by atoms with E-state index in [9.17, 15) is 26.3 Å². The molecule has 6 nitrogen and oxygen atoms in total. The van der Waals surface area contributed by atoms with E-state index in [2.05, 4.69) is 20.0 Å². The van der Waals surface area contributed by atoms with Gasteiger partial charge in [0, 0.05) is 24.5 Å². The van der Waals surface area contributed by atoms with Crippen molar-refractivity contribution in [2.75, 3.05) is 6.54 Å². The van der Waals surface area contributed by atoms with Crippen molar-refractivity contribution in [1.82, 2.24) is 14.9 Å². The zero-order chi connectivity index (χ0) is 25.1. The number of alkyl halides is 6. The fraction of sp³-hybridized carbons (Fsp3) is 0.381. The molecule has 0 aliphatic heterocycles. The van der Waals surface area contributed by atoms with Gasteiger partial charge in [-0.25, -0.2) is 15.0 Å². The van der Waals surface area contributed by atoms with Crippen molar-refractivity contribution in [3.63, 3.8) is 0 Å². The van der Waals surface area contributed by atoms with Crippen LogP contribution in [0.4, 0.5) is 32.3 Å². The Morgan fingerprint density at radius 2 is 1.68 bits per heavy atom. The number of hydrogen-bond donors (Lipinski definition) is 1. The highest BCUT2D eigenvalue weighted by atomic mass is 32.1. The highest BCUT2D eigenvalue weighted by Gasteiger charge is 2.38. The van der Waals surface area contributed by atoms with E-state index in [1.807, 2.05) is 0 Å². The van der Waals surface area contributed by atoms with Gasteiger partial charge in [-0.15, -0.1) is 0 Å². The largest absolute Gasteiger partial charge is 0.416 e. The number of rotatable bonds is 6. The quantitative estimate of drug-likeness (QED) is 0.260. The first-order chi connectivity index (χ1) is 15.9. The molecular weight excluding hydrogens is 482 g/mol. The summed E-state index contributed by atoms with van der Waals surface area (Å²) < 4.78 is 80.2. The Morgan fingerprint density at radius 1 is 1.12 bits per heavy atom. The van der Waals surface area contributed by atoms with Crippen LogP contribution in [0.3, 0.4) is 0 Å². The van der Waals surface area contributed by atoms with Crippen molar-refractivity contribution in [2.45, 2.75) is 38.2 Å². The van der Waals surface area contributed by atoms with Crippen LogP contribution in [-0.4, -0.2) is 44.6 Å². The van der Waals surface area contributed by atoms with Gasteiger partial charge in [0.05, 0.1) is 23.5 Å². The van der Waals surface area contributed by atoms with Crippen LogP contribution in [-0.2, 0) is 12.4 Å². The van der Waals surface area contributed by atoms with Gasteiger partial charge in [-0.2, -0.15) is 31.3 Å². The fourth-order valence-electron chi connectivity index (χ4n) is 3.14. The molecular formula is C21H20F6N6S. The lowest BCUT2D eigenvalue weighted by Crippen LogP contribution is -2.44. The molecule has 1 aromatic carbocycles. The minimum atomic E-state index is -4.99. The highest BCUT2D eigenvalue weighted by molar-refractivity contribution is 7.80. The van der Waals surface area contributed by atoms with Crippen LogP contribution in [0.2, 0.25) is 0 Å². The summed E-state index contributed by atoms with van der Waals surface area (Å²) in [6.07, 6.45) is -4.38. The van der Waals surface area contributed by atoms with E-state index in [-0.39, 0.29) is 34.3 Å². The van der Waals surface area contributed by atoms with Crippen LogP contribution in [0.5, 0.6) is 0 Å². The van der Waals surface area contributed by atoms with Crippen LogP contribution in [0, 0.1) is 5.92 Å². The Hall–Kier alpha value is -3.09. The topological polar surface area (TPSA) is 79.8 Å². The molecule has 1 saturated carbocycles. The first-order valence-electron chi connectivity index (χ1n) is 10.1. The third-order valence-electron chi connectivity index (χ3n) is 5.06. The van der Waals surface area contributed by atoms with Crippen molar-refractivity contribution in [2.24, 2.45) is 21.6 Å². The molecule has 0 spiro atoms. The highest BCUT2D eigenvalue weighted by Crippen LogP contribution is 2.37. The molecule has 1 heterocycles. The zero-order valence-electron chi connectivity index (χ0n) is 17.8. The predicted octanol–water partition coefficient (Wildman–Crippen LogP) is 5.01. The molecule has 2 N–H and O–H groups in total. The Morgan fingerprint density at radius 3 is 2.15 bits per heavy atom. The molecule has 1 fully saturated rings. The second-order valence-corrected chi connectivity index (χ2v) is 8.06. The van der Waals surface area contributed by atoms with Crippen LogP contribution < -0.4 is 5.73 Å². The van der Waals surface area contributed by atoms with Gasteiger partial charge >= 0.3 is 12.4 Å². The molecule has 1 aliphatic rings. The number of aliphatic imine (C=N–C) groups is 2. The van der Waals surface area contributed by atoms with Gasteiger partial charge < -0.3 is 10.6 Å². The maximum Gasteiger partial charge on any atom is 0.416 e. The molecule has 0 radical (unpaired) electrons. The minimum Gasteiger partial charge on any atom is -0.390 e. The minimum absolute atomic E-state index is 0.0608. The molecule has 0 amide bonds. The number of halogens is 6. The normalized spacial score (nSPS) is 16.0. The van der Waals surface area contributed by atoms with E-state index in [0.717, 1.165) is 19.2 Å². The number of amidine groups is 1. The lowest BCUT2D eigenvalue weighted by molar-refractivity contribution is -0.143. The third-order valence-corrected chi connectivity index (χ3v) is 5.53. The second kappa shape index (κ2) is 10.0. The van der Waals surface area contributed by atoms with Crippen molar-refractivity contribution in [1.29, 1.82) is 0 Å². The van der Waals surface area contributed by atoms with Gasteiger partial charge in [0.15, 0.2) is 5.84 Å². The van der Waals surface area contributed by atoms with Crippen molar-refractivity contribution >= 4 is 35.3 Å². The van der Waals surface area contributed by atoms with Crippen LogP contribution in [0.1, 0.15) is 36.5 Å². The molecule has 0 bridgehead atoms. The van der Waals surface area contributed by atoms with Crippen LogP contribution in [0.25, 0.3) is 0 Å². The molecule has 1 aliphatic carbocycles. The van der Waals surface area contributed by atoms with Gasteiger partial charge in [0.2, 0.25) is 0 Å². The summed E-state index contributed by atoms with van der Waals surface area (Å²) in [5.41, 5.74) is 2.19. The maximum atomic E-state index is 13.4. The van der Waals surface area contributed by atoms with E-state index in [4.69, 9.17) is 18.0 Å². The summed E-state index contributed by atoms with van der Waals surface area (Å²) in [6.45, 7) is 1.92. The number of hydrogen-bond acceptors (Lipinski definition) is 4.